The maximum absolute atomic E-state index is 4.12. The van der Waals surface area contributed by atoms with Crippen molar-refractivity contribution < 1.29 is 0 Å². The first-order valence-corrected chi connectivity index (χ1v) is 3.09. The van der Waals surface area contributed by atoms with Crippen LogP contribution in [0.25, 0.3) is 5.78 Å². The molecular weight excluding hydrogens is 148 g/mol. The number of nitrogens with zero attached hydrogens (tertiary/aromatic N) is 4. The van der Waals surface area contributed by atoms with Gasteiger partial charge in [0.15, 0.2) is 0 Å². The van der Waals surface area contributed by atoms with E-state index in [2.05, 4.69) is 34.0 Å². The van der Waals surface area contributed by atoms with Gasteiger partial charge >= 0.3 is 0 Å². The van der Waals surface area contributed by atoms with Gasteiger partial charge in [0.2, 0.25) is 6.33 Å². The van der Waals surface area contributed by atoms with Crippen LogP contribution in [0.15, 0.2) is 17.3 Å². The Morgan fingerprint density at radius 2 is 2.50 bits per heavy atom. The molecule has 0 atom stereocenters. The molecule has 0 unspecified atom stereocenters. The van der Waals surface area contributed by atoms with Gasteiger partial charge in [0.05, 0.1) is 0 Å². The van der Waals surface area contributed by atoms with Crippen LogP contribution >= 0.6 is 12.6 Å². The highest BCUT2D eigenvalue weighted by molar-refractivity contribution is 7.80. The summed E-state index contributed by atoms with van der Waals surface area (Å²) in [6.45, 7) is 0. The van der Waals surface area contributed by atoms with Crippen molar-refractivity contribution in [3.8, 4) is 0 Å². The summed E-state index contributed by atoms with van der Waals surface area (Å²) in [6.07, 6.45) is 4.06. The fourth-order valence-electron chi connectivity index (χ4n) is 0.682. The lowest BCUT2D eigenvalue weighted by molar-refractivity contribution is 0.843. The van der Waals surface area contributed by atoms with E-state index in [1.165, 1.54) is 4.52 Å². The summed E-state index contributed by atoms with van der Waals surface area (Å²) in [5, 5.41) is 4.47. The second-order valence-corrected chi connectivity index (χ2v) is 2.18. The summed E-state index contributed by atoms with van der Waals surface area (Å²) in [7, 11) is 0. The molecule has 0 aromatic carbocycles. The number of hydrogen-bond acceptors (Lipinski definition) is 4. The molecule has 49 valence electrons. The van der Waals surface area contributed by atoms with Crippen LogP contribution in [0.2, 0.25) is 0 Å². The zero-order valence-corrected chi connectivity index (χ0v) is 5.79. The van der Waals surface area contributed by atoms with Gasteiger partial charge in [0.25, 0.3) is 5.78 Å². The summed E-state index contributed by atoms with van der Waals surface area (Å²) in [6, 6.07) is 1.73. The highest BCUT2D eigenvalue weighted by Crippen LogP contribution is 2.02. The van der Waals surface area contributed by atoms with Gasteiger partial charge in [-0.2, -0.15) is 9.50 Å². The standard InChI is InChI=1S/C5H3N4S/c10-4-1-2-6-5-7-3-8-9(4)5/h1-2,10H. The van der Waals surface area contributed by atoms with E-state index < -0.39 is 0 Å². The lowest BCUT2D eigenvalue weighted by Gasteiger charge is -1.91. The molecule has 5 heteroatoms. The van der Waals surface area contributed by atoms with Gasteiger partial charge in [-0.15, -0.1) is 17.7 Å². The molecule has 0 spiro atoms. The highest BCUT2D eigenvalue weighted by Gasteiger charge is 1.96. The molecule has 0 N–H and O–H groups in total. The zero-order chi connectivity index (χ0) is 6.97. The van der Waals surface area contributed by atoms with E-state index in [0.29, 0.717) is 10.8 Å². The summed E-state index contributed by atoms with van der Waals surface area (Å²) in [4.78, 5) is 7.66. The van der Waals surface area contributed by atoms with E-state index in [4.69, 9.17) is 0 Å². The highest BCUT2D eigenvalue weighted by atomic mass is 32.1. The quantitative estimate of drug-likeness (QED) is 0.432. The minimum Gasteiger partial charge on any atom is -0.220 e. The molecule has 1 radical (unpaired) electrons. The molecular formula is C5H3N4S. The van der Waals surface area contributed by atoms with E-state index in [1.807, 2.05) is 0 Å². The Kier molecular flexibility index (Phi) is 1.10. The second kappa shape index (κ2) is 1.95. The molecule has 2 aromatic rings. The molecule has 0 amide bonds. The average Bonchev–Trinajstić information content (AvgIpc) is 2.36. The molecule has 0 saturated heterocycles. The van der Waals surface area contributed by atoms with Crippen LogP contribution in [0.1, 0.15) is 0 Å². The SMILES string of the molecule is Sc1ccnc2n[c]nn12. The molecule has 0 bridgehead atoms. The van der Waals surface area contributed by atoms with Gasteiger partial charge in [0, 0.05) is 6.20 Å². The van der Waals surface area contributed by atoms with Crippen LogP contribution in [-0.4, -0.2) is 19.6 Å². The van der Waals surface area contributed by atoms with Crippen molar-refractivity contribution in [2.24, 2.45) is 0 Å². The van der Waals surface area contributed by atoms with E-state index in [1.54, 1.807) is 12.3 Å². The van der Waals surface area contributed by atoms with Crippen molar-refractivity contribution >= 4 is 18.4 Å². The van der Waals surface area contributed by atoms with Crippen LogP contribution < -0.4 is 0 Å². The number of hydrogen-bond donors (Lipinski definition) is 1. The first-order chi connectivity index (χ1) is 4.88. The summed E-state index contributed by atoms with van der Waals surface area (Å²) < 4.78 is 1.50. The second-order valence-electron chi connectivity index (χ2n) is 1.73. The Labute approximate surface area is 62.3 Å². The maximum Gasteiger partial charge on any atom is 0.253 e. The smallest absolute Gasteiger partial charge is 0.220 e. The zero-order valence-electron chi connectivity index (χ0n) is 4.89. The van der Waals surface area contributed by atoms with Gasteiger partial charge in [-0.1, -0.05) is 0 Å². The van der Waals surface area contributed by atoms with Crippen molar-refractivity contribution in [1.29, 1.82) is 0 Å². The minimum atomic E-state index is 0.521. The normalized spacial score (nSPS) is 10.5. The number of aromatic nitrogens is 4. The Hall–Kier alpha value is -1.10. The minimum absolute atomic E-state index is 0.521. The van der Waals surface area contributed by atoms with Crippen LogP contribution in [-0.2, 0) is 0 Å². The van der Waals surface area contributed by atoms with Gasteiger partial charge < -0.3 is 0 Å². The maximum atomic E-state index is 4.12. The van der Waals surface area contributed by atoms with Crippen LogP contribution in [0, 0.1) is 6.33 Å². The van der Waals surface area contributed by atoms with E-state index >= 15 is 0 Å². The lowest BCUT2D eigenvalue weighted by atomic mass is 10.7. The molecule has 0 aliphatic carbocycles. The molecule has 10 heavy (non-hydrogen) atoms. The van der Waals surface area contributed by atoms with Crippen LogP contribution in [0.5, 0.6) is 0 Å². The van der Waals surface area contributed by atoms with E-state index in [9.17, 15) is 0 Å². The van der Waals surface area contributed by atoms with Crippen molar-refractivity contribution in [3.63, 3.8) is 0 Å². The third-order valence-electron chi connectivity index (χ3n) is 1.11. The number of rotatable bonds is 0. The fourth-order valence-corrected chi connectivity index (χ4v) is 0.883. The Morgan fingerprint density at radius 3 is 3.30 bits per heavy atom. The predicted octanol–water partition coefficient (Wildman–Crippen LogP) is 0.213. The Balaban J connectivity index is 2.95. The first-order valence-electron chi connectivity index (χ1n) is 2.65. The predicted molar refractivity (Wildman–Crippen MR) is 36.9 cm³/mol. The van der Waals surface area contributed by atoms with Gasteiger partial charge in [-0.3, -0.25) is 0 Å². The van der Waals surface area contributed by atoms with Gasteiger partial charge in [-0.25, -0.2) is 4.98 Å². The van der Waals surface area contributed by atoms with Gasteiger partial charge in [0.1, 0.15) is 5.03 Å². The van der Waals surface area contributed by atoms with E-state index in [0.717, 1.165) is 0 Å². The monoisotopic (exact) mass is 151 g/mol. The van der Waals surface area contributed by atoms with Crippen molar-refractivity contribution in [2.45, 2.75) is 5.03 Å². The first kappa shape index (κ1) is 5.67. The molecule has 0 saturated carbocycles. The third-order valence-corrected chi connectivity index (χ3v) is 1.45. The molecule has 2 rings (SSSR count). The topological polar surface area (TPSA) is 43.1 Å². The summed E-state index contributed by atoms with van der Waals surface area (Å²) in [5.41, 5.74) is 0. The lowest BCUT2D eigenvalue weighted by Crippen LogP contribution is -1.91. The molecule has 2 aromatic heterocycles. The number of thiol groups is 1. The molecule has 4 nitrogen and oxygen atoms in total. The molecule has 2 heterocycles. The molecule has 0 fully saturated rings. The largest absolute Gasteiger partial charge is 0.253 e. The van der Waals surface area contributed by atoms with Crippen LogP contribution in [0.3, 0.4) is 0 Å². The van der Waals surface area contributed by atoms with Crippen molar-refractivity contribution in [1.82, 2.24) is 19.6 Å². The van der Waals surface area contributed by atoms with E-state index in [-0.39, 0.29) is 0 Å². The van der Waals surface area contributed by atoms with Gasteiger partial charge in [-0.05, 0) is 6.07 Å². The van der Waals surface area contributed by atoms with Crippen molar-refractivity contribution in [3.05, 3.63) is 18.6 Å². The third kappa shape index (κ3) is 0.672. The molecule has 0 aliphatic rings. The fraction of sp³-hybridized carbons (Fsp3) is 0. The number of fused-ring (bicyclic) bond motifs is 1. The average molecular weight is 151 g/mol. The molecule has 0 aliphatic heterocycles. The van der Waals surface area contributed by atoms with Crippen LogP contribution in [0.4, 0.5) is 0 Å². The van der Waals surface area contributed by atoms with Crippen molar-refractivity contribution in [2.75, 3.05) is 0 Å². The Morgan fingerprint density at radius 1 is 1.60 bits per heavy atom. The summed E-state index contributed by atoms with van der Waals surface area (Å²) >= 11 is 4.12. The summed E-state index contributed by atoms with van der Waals surface area (Å²) in [5.74, 6) is 0.521. The Bertz CT molecular complexity index is 355.